The molecule has 0 spiro atoms. The summed E-state index contributed by atoms with van der Waals surface area (Å²) < 4.78 is 16.6. The van der Waals surface area contributed by atoms with E-state index in [4.69, 9.17) is 15.2 Å². The highest BCUT2D eigenvalue weighted by atomic mass is 32.1. The number of hydrogen-bond donors (Lipinski definition) is 1. The van der Waals surface area contributed by atoms with Crippen LogP contribution in [0.4, 0.5) is 5.82 Å². The summed E-state index contributed by atoms with van der Waals surface area (Å²) in [6.07, 6.45) is 0.720. The number of nitrogens with two attached hydrogens (primary N) is 1. The van der Waals surface area contributed by atoms with Gasteiger partial charge >= 0.3 is 0 Å². The highest BCUT2D eigenvalue weighted by molar-refractivity contribution is 7.13. The second-order valence-corrected chi connectivity index (χ2v) is 8.11. The molecule has 8 heteroatoms. The Labute approximate surface area is 180 Å². The second kappa shape index (κ2) is 8.89. The molecule has 2 N–H and O–H groups in total. The van der Waals surface area contributed by atoms with Crippen LogP contribution in [0.1, 0.15) is 15.9 Å². The smallest absolute Gasteiger partial charge is 0.249 e. The van der Waals surface area contributed by atoms with Crippen LogP contribution in [0.2, 0.25) is 0 Å². The summed E-state index contributed by atoms with van der Waals surface area (Å²) >= 11 is 1.56. The van der Waals surface area contributed by atoms with Gasteiger partial charge in [0.15, 0.2) is 11.5 Å². The van der Waals surface area contributed by atoms with E-state index >= 15 is 0 Å². The van der Waals surface area contributed by atoms with E-state index in [2.05, 4.69) is 38.4 Å². The van der Waals surface area contributed by atoms with E-state index in [1.165, 1.54) is 10.1 Å². The van der Waals surface area contributed by atoms with Gasteiger partial charge in [0.1, 0.15) is 5.82 Å². The second-order valence-electron chi connectivity index (χ2n) is 7.31. The first kappa shape index (κ1) is 20.4. The molecule has 1 aliphatic rings. The Morgan fingerprint density at radius 2 is 1.80 bits per heavy atom. The molecule has 7 nitrogen and oxygen atoms in total. The fourth-order valence-electron chi connectivity index (χ4n) is 3.92. The summed E-state index contributed by atoms with van der Waals surface area (Å²) in [4.78, 5) is 16.7. The number of rotatable bonds is 7. The minimum atomic E-state index is -0.453. The molecule has 2 aromatic carbocycles. The zero-order chi connectivity index (χ0) is 21.1. The molecule has 1 saturated heterocycles. The highest BCUT2D eigenvalue weighted by Crippen LogP contribution is 2.32. The molecule has 0 bridgehead atoms. The van der Waals surface area contributed by atoms with Gasteiger partial charge in [-0.3, -0.25) is 9.69 Å². The molecule has 0 radical (unpaired) electrons. The molecule has 1 aliphatic heterocycles. The van der Waals surface area contributed by atoms with E-state index in [9.17, 15) is 4.79 Å². The number of carbonyl (C=O) groups excluding carboxylic acids is 1. The van der Waals surface area contributed by atoms with Gasteiger partial charge in [0, 0.05) is 43.7 Å². The number of nitrogens with zero attached hydrogens (tertiary/aromatic N) is 3. The van der Waals surface area contributed by atoms with Crippen molar-refractivity contribution in [2.45, 2.75) is 6.42 Å². The Morgan fingerprint density at radius 3 is 2.50 bits per heavy atom. The third kappa shape index (κ3) is 4.06. The van der Waals surface area contributed by atoms with Gasteiger partial charge in [-0.2, -0.15) is 4.37 Å². The van der Waals surface area contributed by atoms with Crippen LogP contribution >= 0.6 is 11.5 Å². The Bertz CT molecular complexity index is 1040. The number of primary amides is 1. The third-order valence-electron chi connectivity index (χ3n) is 5.60. The average molecular weight is 427 g/mol. The van der Waals surface area contributed by atoms with Crippen molar-refractivity contribution < 1.29 is 14.3 Å². The van der Waals surface area contributed by atoms with Crippen molar-refractivity contribution in [1.29, 1.82) is 0 Å². The molecule has 4 rings (SSSR count). The Hall–Kier alpha value is -2.84. The van der Waals surface area contributed by atoms with E-state index in [1.807, 2.05) is 6.07 Å². The number of methoxy groups -OCH3 is 2. The number of ether oxygens (including phenoxy) is 2. The maximum atomic E-state index is 11.9. The molecule has 0 unspecified atom stereocenters. The number of amides is 1. The van der Waals surface area contributed by atoms with Crippen molar-refractivity contribution in [2.24, 2.45) is 5.73 Å². The fraction of sp³-hybridized carbons (Fsp3) is 0.364. The number of aromatic nitrogens is 1. The number of benzene rings is 2. The van der Waals surface area contributed by atoms with Crippen LogP contribution in [0.5, 0.6) is 11.5 Å². The SMILES string of the molecule is COc1cc(CCN2CCN(c3nsc4ccccc34)CC2)c(C(N)=O)cc1OC. The molecule has 1 fully saturated rings. The molecular formula is C22H26N4O3S. The average Bonchev–Trinajstić information content (AvgIpc) is 3.21. The first-order valence-electron chi connectivity index (χ1n) is 9.97. The van der Waals surface area contributed by atoms with Gasteiger partial charge in [-0.25, -0.2) is 0 Å². The Kier molecular flexibility index (Phi) is 6.06. The third-order valence-corrected chi connectivity index (χ3v) is 6.42. The van der Waals surface area contributed by atoms with Gasteiger partial charge in [-0.15, -0.1) is 0 Å². The monoisotopic (exact) mass is 426 g/mol. The molecule has 158 valence electrons. The highest BCUT2D eigenvalue weighted by Gasteiger charge is 2.21. The summed E-state index contributed by atoms with van der Waals surface area (Å²) in [6, 6.07) is 11.9. The van der Waals surface area contributed by atoms with Crippen LogP contribution in [0.15, 0.2) is 36.4 Å². The van der Waals surface area contributed by atoms with Crippen LogP contribution in [0.25, 0.3) is 10.1 Å². The molecule has 1 aromatic heterocycles. The normalized spacial score (nSPS) is 14.8. The predicted octanol–water partition coefficient (Wildman–Crippen LogP) is 2.78. The van der Waals surface area contributed by atoms with Crippen LogP contribution in [-0.2, 0) is 6.42 Å². The summed E-state index contributed by atoms with van der Waals surface area (Å²) in [5.41, 5.74) is 6.96. The van der Waals surface area contributed by atoms with Gasteiger partial charge < -0.3 is 20.1 Å². The van der Waals surface area contributed by atoms with Crippen molar-refractivity contribution in [2.75, 3.05) is 51.8 Å². The zero-order valence-corrected chi connectivity index (χ0v) is 18.1. The predicted molar refractivity (Wildman–Crippen MR) is 120 cm³/mol. The first-order chi connectivity index (χ1) is 14.6. The zero-order valence-electron chi connectivity index (χ0n) is 17.3. The number of piperazine rings is 1. The lowest BCUT2D eigenvalue weighted by Gasteiger charge is -2.35. The Morgan fingerprint density at radius 1 is 1.10 bits per heavy atom. The lowest BCUT2D eigenvalue weighted by Crippen LogP contribution is -2.47. The molecule has 0 atom stereocenters. The summed E-state index contributed by atoms with van der Waals surface area (Å²) in [5.74, 6) is 1.76. The largest absolute Gasteiger partial charge is 0.493 e. The van der Waals surface area contributed by atoms with E-state index in [-0.39, 0.29) is 0 Å². The standard InChI is InChI=1S/C22H26N4O3S/c1-28-18-13-15(17(21(23)27)14-19(18)29-2)7-8-25-9-11-26(12-10-25)22-16-5-3-4-6-20(16)30-24-22/h3-6,13-14H,7-12H2,1-2H3,(H2,23,27). The Balaban J connectivity index is 1.41. The van der Waals surface area contributed by atoms with E-state index in [0.29, 0.717) is 17.1 Å². The molecule has 30 heavy (non-hydrogen) atoms. The maximum absolute atomic E-state index is 11.9. The minimum Gasteiger partial charge on any atom is -0.493 e. The van der Waals surface area contributed by atoms with Crippen molar-refractivity contribution in [3.8, 4) is 11.5 Å². The number of hydrogen-bond acceptors (Lipinski definition) is 7. The summed E-state index contributed by atoms with van der Waals surface area (Å²) in [6.45, 7) is 4.61. The quantitative estimate of drug-likeness (QED) is 0.626. The molecular weight excluding hydrogens is 400 g/mol. The van der Waals surface area contributed by atoms with Crippen LogP contribution in [0, 0.1) is 0 Å². The van der Waals surface area contributed by atoms with Gasteiger partial charge in [0.05, 0.1) is 18.9 Å². The molecule has 0 aliphatic carbocycles. The summed E-state index contributed by atoms with van der Waals surface area (Å²) in [7, 11) is 3.14. The molecule has 1 amide bonds. The number of carbonyl (C=O) groups is 1. The van der Waals surface area contributed by atoms with Crippen molar-refractivity contribution in [3.63, 3.8) is 0 Å². The van der Waals surface area contributed by atoms with E-state index < -0.39 is 5.91 Å². The molecule has 3 aromatic rings. The maximum Gasteiger partial charge on any atom is 0.249 e. The van der Waals surface area contributed by atoms with Gasteiger partial charge in [-0.1, -0.05) is 12.1 Å². The van der Waals surface area contributed by atoms with Crippen molar-refractivity contribution >= 4 is 33.3 Å². The van der Waals surface area contributed by atoms with Gasteiger partial charge in [0.25, 0.3) is 0 Å². The van der Waals surface area contributed by atoms with E-state index in [0.717, 1.165) is 50.5 Å². The lowest BCUT2D eigenvalue weighted by atomic mass is 10.0. The fourth-order valence-corrected chi connectivity index (χ4v) is 4.72. The number of anilines is 1. The first-order valence-corrected chi connectivity index (χ1v) is 10.7. The summed E-state index contributed by atoms with van der Waals surface area (Å²) in [5, 5.41) is 1.23. The number of fused-ring (bicyclic) bond motifs is 1. The molecule has 0 saturated carbocycles. The van der Waals surface area contributed by atoms with Crippen LogP contribution in [0.3, 0.4) is 0 Å². The minimum absolute atomic E-state index is 0.453. The van der Waals surface area contributed by atoms with Crippen molar-refractivity contribution in [1.82, 2.24) is 9.27 Å². The van der Waals surface area contributed by atoms with Gasteiger partial charge in [-0.05, 0) is 47.8 Å². The molecule has 2 heterocycles. The van der Waals surface area contributed by atoms with Crippen LogP contribution in [-0.4, -0.2) is 62.1 Å². The van der Waals surface area contributed by atoms with E-state index in [1.54, 1.807) is 31.8 Å². The van der Waals surface area contributed by atoms with Crippen LogP contribution < -0.4 is 20.1 Å². The topological polar surface area (TPSA) is 80.9 Å². The van der Waals surface area contributed by atoms with Crippen molar-refractivity contribution in [3.05, 3.63) is 47.5 Å². The lowest BCUT2D eigenvalue weighted by molar-refractivity contribution is 0.0998. The van der Waals surface area contributed by atoms with Gasteiger partial charge in [0.2, 0.25) is 5.91 Å².